The fraction of sp³-hybridized carbons (Fsp3) is 0.385. The SMILES string of the molecule is COc1ccc(Br)c(CNCCCc2ncn[nH]2)c1. The Hall–Kier alpha value is -1.40. The first-order chi connectivity index (χ1) is 9.29. The van der Waals surface area contributed by atoms with Crippen LogP contribution in [-0.2, 0) is 13.0 Å². The average Bonchev–Trinajstić information content (AvgIpc) is 2.93. The first kappa shape index (κ1) is 14.0. The van der Waals surface area contributed by atoms with Crippen LogP contribution in [0.15, 0.2) is 29.0 Å². The Bertz CT molecular complexity index is 501. The fourth-order valence-corrected chi connectivity index (χ4v) is 2.16. The molecule has 0 saturated heterocycles. The Morgan fingerprint density at radius 3 is 3.05 bits per heavy atom. The monoisotopic (exact) mass is 324 g/mol. The van der Waals surface area contributed by atoms with Gasteiger partial charge in [-0.25, -0.2) is 4.98 Å². The van der Waals surface area contributed by atoms with E-state index in [0.29, 0.717) is 0 Å². The van der Waals surface area contributed by atoms with Gasteiger partial charge in [-0.05, 0) is 36.7 Å². The molecule has 0 aliphatic heterocycles. The van der Waals surface area contributed by atoms with Gasteiger partial charge >= 0.3 is 0 Å². The second-order valence-electron chi connectivity index (χ2n) is 4.17. The minimum Gasteiger partial charge on any atom is -0.497 e. The number of halogens is 1. The van der Waals surface area contributed by atoms with Crippen LogP contribution in [-0.4, -0.2) is 28.8 Å². The number of nitrogens with one attached hydrogen (secondary N) is 2. The fourth-order valence-electron chi connectivity index (χ4n) is 1.77. The molecule has 2 N–H and O–H groups in total. The quantitative estimate of drug-likeness (QED) is 0.767. The maximum Gasteiger partial charge on any atom is 0.137 e. The molecule has 0 fully saturated rings. The van der Waals surface area contributed by atoms with E-state index in [1.807, 2.05) is 18.2 Å². The zero-order valence-electron chi connectivity index (χ0n) is 10.8. The van der Waals surface area contributed by atoms with E-state index >= 15 is 0 Å². The minimum absolute atomic E-state index is 0.814. The number of rotatable bonds is 7. The van der Waals surface area contributed by atoms with E-state index in [-0.39, 0.29) is 0 Å². The summed E-state index contributed by atoms with van der Waals surface area (Å²) >= 11 is 3.54. The third-order valence-electron chi connectivity index (χ3n) is 2.80. The zero-order valence-corrected chi connectivity index (χ0v) is 12.4. The highest BCUT2D eigenvalue weighted by atomic mass is 79.9. The summed E-state index contributed by atoms with van der Waals surface area (Å²) in [5, 5.41) is 10.1. The van der Waals surface area contributed by atoms with Crippen molar-refractivity contribution in [2.75, 3.05) is 13.7 Å². The van der Waals surface area contributed by atoms with Crippen molar-refractivity contribution in [2.45, 2.75) is 19.4 Å². The third kappa shape index (κ3) is 4.33. The number of aryl methyl sites for hydroxylation is 1. The topological polar surface area (TPSA) is 62.8 Å². The van der Waals surface area contributed by atoms with E-state index in [1.165, 1.54) is 11.9 Å². The summed E-state index contributed by atoms with van der Waals surface area (Å²) in [4.78, 5) is 4.09. The summed E-state index contributed by atoms with van der Waals surface area (Å²) in [5.41, 5.74) is 1.19. The summed E-state index contributed by atoms with van der Waals surface area (Å²) in [7, 11) is 1.68. The molecule has 6 heteroatoms. The van der Waals surface area contributed by atoms with Crippen molar-refractivity contribution in [2.24, 2.45) is 0 Å². The predicted octanol–water partition coefficient (Wildman–Crippen LogP) is 2.30. The zero-order chi connectivity index (χ0) is 13.5. The van der Waals surface area contributed by atoms with E-state index in [2.05, 4.69) is 36.4 Å². The van der Waals surface area contributed by atoms with Crippen LogP contribution in [0.3, 0.4) is 0 Å². The lowest BCUT2D eigenvalue weighted by Crippen LogP contribution is -2.16. The Kier molecular flexibility index (Phi) is 5.35. The van der Waals surface area contributed by atoms with Crippen molar-refractivity contribution in [3.8, 4) is 5.75 Å². The minimum atomic E-state index is 0.814. The third-order valence-corrected chi connectivity index (χ3v) is 3.57. The highest BCUT2D eigenvalue weighted by molar-refractivity contribution is 9.10. The lowest BCUT2D eigenvalue weighted by Gasteiger charge is -2.08. The Balaban J connectivity index is 1.73. The molecule has 0 bridgehead atoms. The Labute approximate surface area is 120 Å². The van der Waals surface area contributed by atoms with Crippen molar-refractivity contribution in [3.05, 3.63) is 40.4 Å². The molecule has 0 atom stereocenters. The van der Waals surface area contributed by atoms with Crippen LogP contribution in [0.2, 0.25) is 0 Å². The molecule has 2 aromatic rings. The normalized spacial score (nSPS) is 10.6. The molecule has 0 aliphatic rings. The van der Waals surface area contributed by atoms with Crippen molar-refractivity contribution < 1.29 is 4.74 Å². The number of hydrogen-bond donors (Lipinski definition) is 2. The van der Waals surface area contributed by atoms with Gasteiger partial charge in [-0.15, -0.1) is 0 Å². The van der Waals surface area contributed by atoms with Gasteiger partial charge in [-0.1, -0.05) is 15.9 Å². The maximum atomic E-state index is 5.22. The van der Waals surface area contributed by atoms with Gasteiger partial charge in [0.05, 0.1) is 7.11 Å². The summed E-state index contributed by atoms with van der Waals surface area (Å²) in [5.74, 6) is 1.81. The van der Waals surface area contributed by atoms with Gasteiger partial charge in [0.15, 0.2) is 0 Å². The molecule has 0 amide bonds. The van der Waals surface area contributed by atoms with E-state index in [0.717, 1.165) is 42.0 Å². The summed E-state index contributed by atoms with van der Waals surface area (Å²) in [6.45, 7) is 1.75. The summed E-state index contributed by atoms with van der Waals surface area (Å²) < 4.78 is 6.31. The van der Waals surface area contributed by atoms with Gasteiger partial charge in [-0.2, -0.15) is 5.10 Å². The molecule has 1 heterocycles. The second kappa shape index (κ2) is 7.25. The molecule has 0 aliphatic carbocycles. The second-order valence-corrected chi connectivity index (χ2v) is 5.02. The number of hydrogen-bond acceptors (Lipinski definition) is 4. The van der Waals surface area contributed by atoms with Crippen LogP contribution in [0.5, 0.6) is 5.75 Å². The number of benzene rings is 1. The number of methoxy groups -OCH3 is 1. The van der Waals surface area contributed by atoms with E-state index in [4.69, 9.17) is 4.74 Å². The number of nitrogens with zero attached hydrogens (tertiary/aromatic N) is 2. The predicted molar refractivity (Wildman–Crippen MR) is 77.1 cm³/mol. The van der Waals surface area contributed by atoms with Gasteiger partial charge in [0, 0.05) is 17.4 Å². The van der Waals surface area contributed by atoms with Crippen molar-refractivity contribution in [3.63, 3.8) is 0 Å². The van der Waals surface area contributed by atoms with Crippen molar-refractivity contribution in [1.29, 1.82) is 0 Å². The van der Waals surface area contributed by atoms with Crippen LogP contribution < -0.4 is 10.1 Å². The first-order valence-corrected chi connectivity index (χ1v) is 6.96. The molecular weight excluding hydrogens is 308 g/mol. The highest BCUT2D eigenvalue weighted by Gasteiger charge is 2.02. The molecule has 0 radical (unpaired) electrons. The highest BCUT2D eigenvalue weighted by Crippen LogP contribution is 2.22. The molecule has 1 aromatic carbocycles. The summed E-state index contributed by atoms with van der Waals surface area (Å²) in [6.07, 6.45) is 3.47. The molecule has 0 spiro atoms. The van der Waals surface area contributed by atoms with Crippen LogP contribution in [0.4, 0.5) is 0 Å². The molecule has 19 heavy (non-hydrogen) atoms. The Morgan fingerprint density at radius 1 is 1.42 bits per heavy atom. The van der Waals surface area contributed by atoms with E-state index < -0.39 is 0 Å². The molecule has 0 saturated carbocycles. The lowest BCUT2D eigenvalue weighted by atomic mass is 10.2. The molecule has 5 nitrogen and oxygen atoms in total. The van der Waals surface area contributed by atoms with Gasteiger partial charge in [-0.3, -0.25) is 5.10 Å². The van der Waals surface area contributed by atoms with E-state index in [1.54, 1.807) is 7.11 Å². The van der Waals surface area contributed by atoms with Crippen LogP contribution in [0, 0.1) is 0 Å². The van der Waals surface area contributed by atoms with Gasteiger partial charge in [0.25, 0.3) is 0 Å². The molecule has 0 unspecified atom stereocenters. The van der Waals surface area contributed by atoms with Crippen molar-refractivity contribution in [1.82, 2.24) is 20.5 Å². The smallest absolute Gasteiger partial charge is 0.137 e. The molecule has 2 rings (SSSR count). The number of H-pyrrole nitrogens is 1. The lowest BCUT2D eigenvalue weighted by molar-refractivity contribution is 0.414. The number of ether oxygens (including phenoxy) is 1. The van der Waals surface area contributed by atoms with Gasteiger partial charge < -0.3 is 10.1 Å². The standard InChI is InChI=1S/C13H17BrN4O/c1-19-11-4-5-12(14)10(7-11)8-15-6-2-3-13-16-9-17-18-13/h4-5,7,9,15H,2-3,6,8H2,1H3,(H,16,17,18). The van der Waals surface area contributed by atoms with E-state index in [9.17, 15) is 0 Å². The van der Waals surface area contributed by atoms with Crippen molar-refractivity contribution >= 4 is 15.9 Å². The number of aromatic nitrogens is 3. The average molecular weight is 325 g/mol. The first-order valence-electron chi connectivity index (χ1n) is 6.17. The van der Waals surface area contributed by atoms with Crippen LogP contribution in [0.1, 0.15) is 17.8 Å². The maximum absolute atomic E-state index is 5.22. The number of aromatic amines is 1. The molecule has 1 aromatic heterocycles. The van der Waals surface area contributed by atoms with Crippen LogP contribution >= 0.6 is 15.9 Å². The van der Waals surface area contributed by atoms with Gasteiger partial charge in [0.2, 0.25) is 0 Å². The Morgan fingerprint density at radius 2 is 2.32 bits per heavy atom. The summed E-state index contributed by atoms with van der Waals surface area (Å²) in [6, 6.07) is 5.98. The largest absolute Gasteiger partial charge is 0.497 e. The molecular formula is C13H17BrN4O. The van der Waals surface area contributed by atoms with Gasteiger partial charge in [0.1, 0.15) is 17.9 Å². The van der Waals surface area contributed by atoms with Crippen LogP contribution in [0.25, 0.3) is 0 Å². The molecule has 102 valence electrons.